The maximum atomic E-state index is 13.8. The SMILES string of the molecule is COc1ccc(-c2nc3c(C)cc(Br)cc3[nH]2)cc1F. The highest BCUT2D eigenvalue weighted by Crippen LogP contribution is 2.28. The molecular weight excluding hydrogens is 323 g/mol. The van der Waals surface area contributed by atoms with Crippen LogP contribution in [0, 0.1) is 12.7 Å². The van der Waals surface area contributed by atoms with Crippen LogP contribution in [0.5, 0.6) is 5.75 Å². The Labute approximate surface area is 123 Å². The number of nitrogens with zero attached hydrogens (tertiary/aromatic N) is 1. The highest BCUT2D eigenvalue weighted by atomic mass is 79.9. The second-order valence-corrected chi connectivity index (χ2v) is 5.47. The third kappa shape index (κ3) is 2.18. The van der Waals surface area contributed by atoms with Crippen molar-refractivity contribution in [2.24, 2.45) is 0 Å². The lowest BCUT2D eigenvalue weighted by Gasteiger charge is -2.02. The number of rotatable bonds is 2. The molecule has 1 heterocycles. The van der Waals surface area contributed by atoms with Gasteiger partial charge in [-0.1, -0.05) is 15.9 Å². The Balaban J connectivity index is 2.15. The topological polar surface area (TPSA) is 37.9 Å². The van der Waals surface area contributed by atoms with Crippen molar-refractivity contribution in [3.63, 3.8) is 0 Å². The molecule has 102 valence electrons. The molecule has 0 aliphatic carbocycles. The van der Waals surface area contributed by atoms with Gasteiger partial charge in [-0.2, -0.15) is 0 Å². The van der Waals surface area contributed by atoms with Gasteiger partial charge >= 0.3 is 0 Å². The predicted octanol–water partition coefficient (Wildman–Crippen LogP) is 4.45. The minimum Gasteiger partial charge on any atom is -0.494 e. The molecule has 0 fully saturated rings. The minimum absolute atomic E-state index is 0.226. The monoisotopic (exact) mass is 334 g/mol. The van der Waals surface area contributed by atoms with Crippen LogP contribution in [0.15, 0.2) is 34.8 Å². The Kier molecular flexibility index (Phi) is 3.22. The lowest BCUT2D eigenvalue weighted by Crippen LogP contribution is -1.89. The molecule has 0 atom stereocenters. The fraction of sp³-hybridized carbons (Fsp3) is 0.133. The number of hydrogen-bond donors (Lipinski definition) is 1. The van der Waals surface area contributed by atoms with E-state index in [1.54, 1.807) is 12.1 Å². The van der Waals surface area contributed by atoms with Gasteiger partial charge in [0.05, 0.1) is 18.1 Å². The second-order valence-electron chi connectivity index (χ2n) is 4.55. The summed E-state index contributed by atoms with van der Waals surface area (Å²) in [5.74, 6) is 0.467. The van der Waals surface area contributed by atoms with Crippen molar-refractivity contribution in [1.82, 2.24) is 9.97 Å². The number of nitrogens with one attached hydrogen (secondary N) is 1. The summed E-state index contributed by atoms with van der Waals surface area (Å²) in [6.45, 7) is 1.99. The number of imidazole rings is 1. The Morgan fingerprint density at radius 3 is 2.75 bits per heavy atom. The number of aromatic nitrogens is 2. The van der Waals surface area contributed by atoms with E-state index in [2.05, 4.69) is 25.9 Å². The van der Waals surface area contributed by atoms with Crippen molar-refractivity contribution >= 4 is 27.0 Å². The average Bonchev–Trinajstić information content (AvgIpc) is 2.82. The molecule has 0 saturated carbocycles. The van der Waals surface area contributed by atoms with E-state index in [0.29, 0.717) is 11.4 Å². The number of halogens is 2. The van der Waals surface area contributed by atoms with Crippen LogP contribution in [-0.4, -0.2) is 17.1 Å². The second kappa shape index (κ2) is 4.90. The van der Waals surface area contributed by atoms with Gasteiger partial charge in [-0.05, 0) is 42.8 Å². The molecule has 5 heteroatoms. The summed E-state index contributed by atoms with van der Waals surface area (Å²) in [6, 6.07) is 8.76. The molecule has 0 aliphatic heterocycles. The summed E-state index contributed by atoms with van der Waals surface area (Å²) >= 11 is 3.45. The molecule has 3 aromatic rings. The first kappa shape index (κ1) is 13.1. The number of aryl methyl sites for hydroxylation is 1. The molecule has 3 nitrogen and oxygen atoms in total. The van der Waals surface area contributed by atoms with Crippen LogP contribution < -0.4 is 4.74 Å². The fourth-order valence-corrected chi connectivity index (χ4v) is 2.77. The molecule has 0 spiro atoms. The fourth-order valence-electron chi connectivity index (χ4n) is 2.20. The van der Waals surface area contributed by atoms with Crippen molar-refractivity contribution in [3.05, 3.63) is 46.2 Å². The van der Waals surface area contributed by atoms with Crippen LogP contribution in [0.2, 0.25) is 0 Å². The highest BCUT2D eigenvalue weighted by Gasteiger charge is 2.10. The molecule has 0 saturated heterocycles. The van der Waals surface area contributed by atoms with Gasteiger partial charge in [-0.25, -0.2) is 9.37 Å². The van der Waals surface area contributed by atoms with Gasteiger partial charge in [0.15, 0.2) is 11.6 Å². The smallest absolute Gasteiger partial charge is 0.165 e. The third-order valence-electron chi connectivity index (χ3n) is 3.17. The zero-order valence-electron chi connectivity index (χ0n) is 11.0. The van der Waals surface area contributed by atoms with E-state index in [-0.39, 0.29) is 5.75 Å². The first-order valence-electron chi connectivity index (χ1n) is 6.08. The van der Waals surface area contributed by atoms with Crippen LogP contribution in [-0.2, 0) is 0 Å². The zero-order valence-corrected chi connectivity index (χ0v) is 12.6. The highest BCUT2D eigenvalue weighted by molar-refractivity contribution is 9.10. The standard InChI is InChI=1S/C15H12BrFN2O/c1-8-5-10(16)7-12-14(8)19-15(18-12)9-3-4-13(20-2)11(17)6-9/h3-7H,1-2H3,(H,18,19). The van der Waals surface area contributed by atoms with E-state index in [4.69, 9.17) is 4.74 Å². The summed E-state index contributed by atoms with van der Waals surface area (Å²) in [7, 11) is 1.44. The number of benzene rings is 2. The Morgan fingerprint density at radius 2 is 2.05 bits per heavy atom. The number of H-pyrrole nitrogens is 1. The Morgan fingerprint density at radius 1 is 1.25 bits per heavy atom. The summed E-state index contributed by atoms with van der Waals surface area (Å²) in [5.41, 5.74) is 3.56. The van der Waals surface area contributed by atoms with Crippen LogP contribution in [0.1, 0.15) is 5.56 Å². The van der Waals surface area contributed by atoms with Gasteiger partial charge in [-0.3, -0.25) is 0 Å². The minimum atomic E-state index is -0.400. The molecule has 0 unspecified atom stereocenters. The number of ether oxygens (including phenoxy) is 1. The van der Waals surface area contributed by atoms with E-state index >= 15 is 0 Å². The molecule has 0 radical (unpaired) electrons. The zero-order chi connectivity index (χ0) is 14.3. The summed E-state index contributed by atoms with van der Waals surface area (Å²) < 4.78 is 19.7. The number of hydrogen-bond acceptors (Lipinski definition) is 2. The van der Waals surface area contributed by atoms with Crippen molar-refractivity contribution in [2.45, 2.75) is 6.92 Å². The largest absolute Gasteiger partial charge is 0.494 e. The van der Waals surface area contributed by atoms with Crippen LogP contribution in [0.3, 0.4) is 0 Å². The van der Waals surface area contributed by atoms with Gasteiger partial charge in [0.1, 0.15) is 5.82 Å². The quantitative estimate of drug-likeness (QED) is 0.751. The lowest BCUT2D eigenvalue weighted by molar-refractivity contribution is 0.386. The van der Waals surface area contributed by atoms with Gasteiger partial charge in [0.25, 0.3) is 0 Å². The van der Waals surface area contributed by atoms with Gasteiger partial charge in [0.2, 0.25) is 0 Å². The average molecular weight is 335 g/mol. The molecule has 0 amide bonds. The number of methoxy groups -OCH3 is 1. The number of fused-ring (bicyclic) bond motifs is 1. The van der Waals surface area contributed by atoms with Crippen LogP contribution in [0.4, 0.5) is 4.39 Å². The van der Waals surface area contributed by atoms with Crippen molar-refractivity contribution in [1.29, 1.82) is 0 Å². The summed E-state index contributed by atoms with van der Waals surface area (Å²) in [4.78, 5) is 7.75. The summed E-state index contributed by atoms with van der Waals surface area (Å²) in [6.07, 6.45) is 0. The van der Waals surface area contributed by atoms with Crippen LogP contribution in [0.25, 0.3) is 22.4 Å². The van der Waals surface area contributed by atoms with Crippen molar-refractivity contribution in [3.8, 4) is 17.1 Å². The first-order chi connectivity index (χ1) is 9.58. The molecular formula is C15H12BrFN2O. The lowest BCUT2D eigenvalue weighted by atomic mass is 10.2. The first-order valence-corrected chi connectivity index (χ1v) is 6.87. The van der Waals surface area contributed by atoms with Gasteiger partial charge in [0, 0.05) is 10.0 Å². The van der Waals surface area contributed by atoms with E-state index < -0.39 is 5.82 Å². The molecule has 3 rings (SSSR count). The molecule has 1 N–H and O–H groups in total. The van der Waals surface area contributed by atoms with Crippen molar-refractivity contribution in [2.75, 3.05) is 7.11 Å². The van der Waals surface area contributed by atoms with Gasteiger partial charge < -0.3 is 9.72 Å². The van der Waals surface area contributed by atoms with E-state index in [0.717, 1.165) is 21.1 Å². The van der Waals surface area contributed by atoms with E-state index in [1.807, 2.05) is 19.1 Å². The Hall–Kier alpha value is -1.88. The normalized spacial score (nSPS) is 11.0. The maximum absolute atomic E-state index is 13.8. The van der Waals surface area contributed by atoms with Crippen molar-refractivity contribution < 1.29 is 9.13 Å². The van der Waals surface area contributed by atoms with Gasteiger partial charge in [-0.15, -0.1) is 0 Å². The maximum Gasteiger partial charge on any atom is 0.165 e. The number of aromatic amines is 1. The predicted molar refractivity (Wildman–Crippen MR) is 80.5 cm³/mol. The third-order valence-corrected chi connectivity index (χ3v) is 3.63. The molecule has 2 aromatic carbocycles. The van der Waals surface area contributed by atoms with E-state index in [9.17, 15) is 4.39 Å². The molecule has 1 aromatic heterocycles. The van der Waals surface area contributed by atoms with E-state index in [1.165, 1.54) is 13.2 Å². The Bertz CT molecular complexity index is 798. The van der Waals surface area contributed by atoms with Crippen LogP contribution >= 0.6 is 15.9 Å². The summed E-state index contributed by atoms with van der Waals surface area (Å²) in [5, 5.41) is 0. The molecule has 20 heavy (non-hydrogen) atoms. The molecule has 0 aliphatic rings. The molecule has 0 bridgehead atoms.